The molecule has 0 N–H and O–H groups in total. The largest absolute Gasteiger partial charge is 0.475 e. The minimum atomic E-state index is -0.490. The second kappa shape index (κ2) is 5.03. The Morgan fingerprint density at radius 1 is 1.57 bits per heavy atom. The number of nitrogens with zero attached hydrogens (tertiary/aromatic N) is 1. The van der Waals surface area contributed by atoms with E-state index in [1.165, 1.54) is 0 Å². The molecule has 1 aromatic rings. The fourth-order valence-electron chi connectivity index (χ4n) is 1.04. The quantitative estimate of drug-likeness (QED) is 0.682. The lowest BCUT2D eigenvalue weighted by Crippen LogP contribution is -2.13. The average molecular weight is 189 g/mol. The molecule has 0 aliphatic carbocycles. The molecule has 3 heteroatoms. The fraction of sp³-hybridized carbons (Fsp3) is 0.273. The van der Waals surface area contributed by atoms with Gasteiger partial charge in [-0.15, -0.1) is 0 Å². The van der Waals surface area contributed by atoms with Gasteiger partial charge in [0, 0.05) is 0 Å². The van der Waals surface area contributed by atoms with E-state index in [0.717, 1.165) is 6.29 Å². The third-order valence-electron chi connectivity index (χ3n) is 1.83. The Morgan fingerprint density at radius 2 is 2.29 bits per heavy atom. The van der Waals surface area contributed by atoms with E-state index in [1.807, 2.05) is 13.0 Å². The first-order chi connectivity index (χ1) is 6.81. The molecule has 0 saturated carbocycles. The fourth-order valence-corrected chi connectivity index (χ4v) is 1.04. The van der Waals surface area contributed by atoms with Gasteiger partial charge < -0.3 is 4.74 Å². The van der Waals surface area contributed by atoms with Crippen LogP contribution in [0.3, 0.4) is 0 Å². The van der Waals surface area contributed by atoms with Gasteiger partial charge in [-0.05, 0) is 18.6 Å². The summed E-state index contributed by atoms with van der Waals surface area (Å²) >= 11 is 0. The minimum Gasteiger partial charge on any atom is -0.475 e. The van der Waals surface area contributed by atoms with Crippen molar-refractivity contribution in [2.45, 2.75) is 19.4 Å². The molecule has 0 aliphatic heterocycles. The molecule has 0 heterocycles. The van der Waals surface area contributed by atoms with Crippen LogP contribution in [-0.2, 0) is 0 Å². The molecule has 1 unspecified atom stereocenters. The highest BCUT2D eigenvalue weighted by atomic mass is 16.5. The second-order valence-corrected chi connectivity index (χ2v) is 2.80. The van der Waals surface area contributed by atoms with Crippen LogP contribution in [-0.4, -0.2) is 12.4 Å². The summed E-state index contributed by atoms with van der Waals surface area (Å²) in [6.45, 7) is 1.86. The summed E-state index contributed by atoms with van der Waals surface area (Å²) in [4.78, 5) is 10.6. The average Bonchev–Trinajstić information content (AvgIpc) is 2.26. The van der Waals surface area contributed by atoms with E-state index in [2.05, 4.69) is 0 Å². The van der Waals surface area contributed by atoms with Crippen molar-refractivity contribution in [3.8, 4) is 11.8 Å². The van der Waals surface area contributed by atoms with Crippen LogP contribution in [0.2, 0.25) is 0 Å². The SMILES string of the molecule is CCC(C#N)Oc1ccccc1C=O. The lowest BCUT2D eigenvalue weighted by molar-refractivity contribution is 0.111. The molecule has 0 radical (unpaired) electrons. The molecule has 72 valence electrons. The van der Waals surface area contributed by atoms with Gasteiger partial charge in [0.25, 0.3) is 0 Å². The number of aldehydes is 1. The Balaban J connectivity index is 2.85. The zero-order valence-electron chi connectivity index (χ0n) is 7.93. The van der Waals surface area contributed by atoms with Crippen molar-refractivity contribution in [2.75, 3.05) is 0 Å². The van der Waals surface area contributed by atoms with Gasteiger partial charge in [-0.25, -0.2) is 0 Å². The number of para-hydroxylation sites is 1. The van der Waals surface area contributed by atoms with Gasteiger partial charge in [0.1, 0.15) is 11.8 Å². The predicted molar refractivity (Wildman–Crippen MR) is 52.1 cm³/mol. The molecule has 0 aliphatic rings. The maximum atomic E-state index is 10.6. The molecule has 0 spiro atoms. The molecular formula is C11H11NO2. The molecule has 0 amide bonds. The lowest BCUT2D eigenvalue weighted by atomic mass is 10.2. The van der Waals surface area contributed by atoms with Crippen molar-refractivity contribution < 1.29 is 9.53 Å². The molecule has 3 nitrogen and oxygen atoms in total. The standard InChI is InChI=1S/C11H11NO2/c1-2-10(7-12)14-11-6-4-3-5-9(11)8-13/h3-6,8,10H,2H2,1H3. The Bertz CT molecular complexity index is 355. The summed E-state index contributed by atoms with van der Waals surface area (Å²) in [5.41, 5.74) is 0.473. The summed E-state index contributed by atoms with van der Waals surface area (Å²) in [6.07, 6.45) is 0.833. The lowest BCUT2D eigenvalue weighted by Gasteiger charge is -2.11. The van der Waals surface area contributed by atoms with Gasteiger partial charge in [0.15, 0.2) is 12.4 Å². The van der Waals surface area contributed by atoms with Gasteiger partial charge >= 0.3 is 0 Å². The number of hydrogen-bond acceptors (Lipinski definition) is 3. The van der Waals surface area contributed by atoms with Gasteiger partial charge in [-0.2, -0.15) is 5.26 Å². The van der Waals surface area contributed by atoms with Crippen LogP contribution in [0.4, 0.5) is 0 Å². The van der Waals surface area contributed by atoms with Crippen molar-refractivity contribution in [3.05, 3.63) is 29.8 Å². The zero-order valence-corrected chi connectivity index (χ0v) is 7.93. The molecule has 14 heavy (non-hydrogen) atoms. The molecular weight excluding hydrogens is 178 g/mol. The number of rotatable bonds is 4. The van der Waals surface area contributed by atoms with Crippen molar-refractivity contribution in [3.63, 3.8) is 0 Å². The first kappa shape index (κ1) is 10.3. The normalized spacial score (nSPS) is 11.4. The van der Waals surface area contributed by atoms with E-state index in [4.69, 9.17) is 10.00 Å². The topological polar surface area (TPSA) is 50.1 Å². The van der Waals surface area contributed by atoms with Crippen LogP contribution in [0.25, 0.3) is 0 Å². The van der Waals surface area contributed by atoms with Crippen LogP contribution in [0.1, 0.15) is 23.7 Å². The Hall–Kier alpha value is -1.82. The Morgan fingerprint density at radius 3 is 2.86 bits per heavy atom. The minimum absolute atomic E-state index is 0.468. The molecule has 0 saturated heterocycles. The molecule has 0 aromatic heterocycles. The summed E-state index contributed by atoms with van der Waals surface area (Å²) in [5.74, 6) is 0.468. The number of nitriles is 1. The van der Waals surface area contributed by atoms with Gasteiger partial charge in [-0.1, -0.05) is 19.1 Å². The molecule has 1 aromatic carbocycles. The highest BCUT2D eigenvalue weighted by Gasteiger charge is 2.08. The Labute approximate surface area is 82.9 Å². The summed E-state index contributed by atoms with van der Waals surface area (Å²) in [6, 6.07) is 8.88. The molecule has 1 atom stereocenters. The van der Waals surface area contributed by atoms with Crippen LogP contribution < -0.4 is 4.74 Å². The van der Waals surface area contributed by atoms with E-state index in [0.29, 0.717) is 17.7 Å². The predicted octanol–water partition coefficient (Wildman–Crippen LogP) is 2.18. The third kappa shape index (κ3) is 2.33. The van der Waals surface area contributed by atoms with Gasteiger partial charge in [0.2, 0.25) is 0 Å². The van der Waals surface area contributed by atoms with Crippen molar-refractivity contribution >= 4 is 6.29 Å². The number of benzene rings is 1. The van der Waals surface area contributed by atoms with Crippen LogP contribution >= 0.6 is 0 Å². The van der Waals surface area contributed by atoms with E-state index < -0.39 is 6.10 Å². The highest BCUT2D eigenvalue weighted by molar-refractivity contribution is 5.79. The van der Waals surface area contributed by atoms with E-state index in [1.54, 1.807) is 24.3 Å². The summed E-state index contributed by atoms with van der Waals surface area (Å²) in [5, 5.41) is 8.69. The molecule has 1 rings (SSSR count). The van der Waals surface area contributed by atoms with Gasteiger partial charge in [0.05, 0.1) is 5.56 Å². The summed E-state index contributed by atoms with van der Waals surface area (Å²) in [7, 11) is 0. The van der Waals surface area contributed by atoms with Crippen LogP contribution in [0.5, 0.6) is 5.75 Å². The van der Waals surface area contributed by atoms with E-state index in [-0.39, 0.29) is 0 Å². The molecule has 0 bridgehead atoms. The third-order valence-corrected chi connectivity index (χ3v) is 1.83. The number of carbonyl (C=O) groups is 1. The number of ether oxygens (including phenoxy) is 1. The first-order valence-electron chi connectivity index (χ1n) is 4.42. The number of hydrogen-bond donors (Lipinski definition) is 0. The van der Waals surface area contributed by atoms with E-state index in [9.17, 15) is 4.79 Å². The van der Waals surface area contributed by atoms with Crippen molar-refractivity contribution in [1.29, 1.82) is 5.26 Å². The van der Waals surface area contributed by atoms with Crippen molar-refractivity contribution in [1.82, 2.24) is 0 Å². The monoisotopic (exact) mass is 189 g/mol. The highest BCUT2D eigenvalue weighted by Crippen LogP contribution is 2.17. The first-order valence-corrected chi connectivity index (χ1v) is 4.42. The smallest absolute Gasteiger partial charge is 0.184 e. The number of carbonyl (C=O) groups excluding carboxylic acids is 1. The summed E-state index contributed by atoms with van der Waals surface area (Å²) < 4.78 is 5.34. The van der Waals surface area contributed by atoms with Crippen LogP contribution in [0.15, 0.2) is 24.3 Å². The maximum absolute atomic E-state index is 10.6. The van der Waals surface area contributed by atoms with E-state index >= 15 is 0 Å². The van der Waals surface area contributed by atoms with Crippen LogP contribution in [0, 0.1) is 11.3 Å². The molecule has 0 fully saturated rings. The Kier molecular flexibility index (Phi) is 3.69. The van der Waals surface area contributed by atoms with Crippen molar-refractivity contribution in [2.24, 2.45) is 0 Å². The maximum Gasteiger partial charge on any atom is 0.184 e. The second-order valence-electron chi connectivity index (χ2n) is 2.80. The zero-order chi connectivity index (χ0) is 10.4. The van der Waals surface area contributed by atoms with Gasteiger partial charge in [-0.3, -0.25) is 4.79 Å².